The summed E-state index contributed by atoms with van der Waals surface area (Å²) in [5.74, 6) is 0.760. The summed E-state index contributed by atoms with van der Waals surface area (Å²) in [5.41, 5.74) is 3.80. The predicted octanol–water partition coefficient (Wildman–Crippen LogP) is 6.58. The summed E-state index contributed by atoms with van der Waals surface area (Å²) >= 11 is 12.1. The van der Waals surface area contributed by atoms with Crippen LogP contribution in [0.3, 0.4) is 0 Å². The molecule has 0 unspecified atom stereocenters. The summed E-state index contributed by atoms with van der Waals surface area (Å²) in [6.45, 7) is 3.80. The lowest BCUT2D eigenvalue weighted by Gasteiger charge is -2.14. The first-order valence-electron chi connectivity index (χ1n) is 9.28. The number of nitrogens with zero attached hydrogens (tertiary/aromatic N) is 3. The molecule has 2 heterocycles. The van der Waals surface area contributed by atoms with E-state index in [-0.39, 0.29) is 24.8 Å². The summed E-state index contributed by atoms with van der Waals surface area (Å²) in [7, 11) is 0. The van der Waals surface area contributed by atoms with E-state index >= 15 is 0 Å². The van der Waals surface area contributed by atoms with Crippen molar-refractivity contribution in [1.29, 1.82) is 0 Å². The second-order valence-corrected chi connectivity index (χ2v) is 7.50. The molecule has 0 aliphatic rings. The standard InChI is InChI=1S/C22H20Cl2N4O.2ClH/c1-15-12-20(25-14-16-6-7-18(23)19(24)13-16)17-4-2-5-21(22(17)27-15)29-11-10-28-9-3-8-26-28;;/h2-9,12-13H,10-11,14H2,1H3,(H,25,27);2*1H. The van der Waals surface area contributed by atoms with Gasteiger partial charge in [-0.05, 0) is 42.8 Å². The monoisotopic (exact) mass is 498 g/mol. The number of ether oxygens (including phenoxy) is 1. The van der Waals surface area contributed by atoms with Gasteiger partial charge in [-0.25, -0.2) is 4.98 Å². The topological polar surface area (TPSA) is 52.0 Å². The SMILES string of the molecule is Cc1cc(NCc2ccc(Cl)c(Cl)c2)c2cccc(OCCn3cccn3)c2n1.Cl.Cl. The van der Waals surface area contributed by atoms with Gasteiger partial charge in [-0.15, -0.1) is 24.8 Å². The first-order chi connectivity index (χ1) is 14.1. The molecule has 0 amide bonds. The van der Waals surface area contributed by atoms with Gasteiger partial charge in [0.05, 0.1) is 16.6 Å². The zero-order chi connectivity index (χ0) is 20.2. The van der Waals surface area contributed by atoms with Crippen LogP contribution >= 0.6 is 48.0 Å². The van der Waals surface area contributed by atoms with Gasteiger partial charge in [-0.2, -0.15) is 5.10 Å². The van der Waals surface area contributed by atoms with E-state index in [2.05, 4.69) is 10.4 Å². The largest absolute Gasteiger partial charge is 0.489 e. The molecule has 0 aliphatic heterocycles. The number of benzene rings is 2. The number of hydrogen-bond acceptors (Lipinski definition) is 4. The number of rotatable bonds is 7. The van der Waals surface area contributed by atoms with Crippen molar-refractivity contribution in [2.24, 2.45) is 0 Å². The molecule has 0 saturated heterocycles. The molecule has 4 rings (SSSR count). The van der Waals surface area contributed by atoms with Crippen LogP contribution in [0.1, 0.15) is 11.3 Å². The van der Waals surface area contributed by atoms with E-state index in [0.717, 1.165) is 33.6 Å². The number of halogens is 4. The maximum Gasteiger partial charge on any atom is 0.145 e. The number of fused-ring (bicyclic) bond motifs is 1. The third kappa shape index (κ3) is 6.17. The molecule has 2 aromatic heterocycles. The summed E-state index contributed by atoms with van der Waals surface area (Å²) in [5, 5.41) is 9.79. The smallest absolute Gasteiger partial charge is 0.145 e. The number of aryl methyl sites for hydroxylation is 1. The Morgan fingerprint density at radius 1 is 1.03 bits per heavy atom. The van der Waals surface area contributed by atoms with E-state index in [4.69, 9.17) is 32.9 Å². The Kier molecular flexibility index (Phi) is 9.26. The van der Waals surface area contributed by atoms with Crippen LogP contribution in [0.5, 0.6) is 5.75 Å². The third-order valence-electron chi connectivity index (χ3n) is 4.53. The first-order valence-corrected chi connectivity index (χ1v) is 10.0. The molecule has 1 N–H and O–H groups in total. The van der Waals surface area contributed by atoms with Gasteiger partial charge in [-0.3, -0.25) is 4.68 Å². The molecule has 2 aromatic carbocycles. The second-order valence-electron chi connectivity index (χ2n) is 6.68. The van der Waals surface area contributed by atoms with Gasteiger partial charge in [0.25, 0.3) is 0 Å². The van der Waals surface area contributed by atoms with Crippen molar-refractivity contribution in [3.05, 3.63) is 82.2 Å². The lowest BCUT2D eigenvalue weighted by Crippen LogP contribution is -2.09. The summed E-state index contributed by atoms with van der Waals surface area (Å²) in [6.07, 6.45) is 3.68. The molecule has 5 nitrogen and oxygen atoms in total. The summed E-state index contributed by atoms with van der Waals surface area (Å²) in [4.78, 5) is 4.71. The van der Waals surface area contributed by atoms with Crippen LogP contribution in [0.25, 0.3) is 10.9 Å². The number of anilines is 1. The van der Waals surface area contributed by atoms with Gasteiger partial charge >= 0.3 is 0 Å². The molecule has 164 valence electrons. The van der Waals surface area contributed by atoms with Crippen molar-refractivity contribution in [3.63, 3.8) is 0 Å². The highest BCUT2D eigenvalue weighted by atomic mass is 35.5. The van der Waals surface area contributed by atoms with Crippen molar-refractivity contribution >= 4 is 64.6 Å². The molecule has 0 atom stereocenters. The van der Waals surface area contributed by atoms with E-state index in [1.807, 2.05) is 66.3 Å². The molecule has 31 heavy (non-hydrogen) atoms. The Hall–Kier alpha value is -2.18. The molecule has 0 saturated carbocycles. The molecule has 0 bridgehead atoms. The number of pyridine rings is 1. The average molecular weight is 500 g/mol. The summed E-state index contributed by atoms with van der Waals surface area (Å²) in [6, 6.07) is 15.5. The fourth-order valence-corrected chi connectivity index (χ4v) is 3.46. The average Bonchev–Trinajstić information content (AvgIpc) is 3.22. The van der Waals surface area contributed by atoms with Gasteiger partial charge in [0.2, 0.25) is 0 Å². The van der Waals surface area contributed by atoms with E-state index in [1.165, 1.54) is 0 Å². The van der Waals surface area contributed by atoms with E-state index in [1.54, 1.807) is 6.20 Å². The van der Waals surface area contributed by atoms with E-state index in [9.17, 15) is 0 Å². The first kappa shape index (κ1) is 25.1. The van der Waals surface area contributed by atoms with Crippen LogP contribution in [-0.2, 0) is 13.1 Å². The van der Waals surface area contributed by atoms with Crippen LogP contribution in [0.4, 0.5) is 5.69 Å². The number of hydrogen-bond donors (Lipinski definition) is 1. The molecule has 0 fully saturated rings. The van der Waals surface area contributed by atoms with Crippen LogP contribution < -0.4 is 10.1 Å². The van der Waals surface area contributed by atoms with Gasteiger partial charge in [0.1, 0.15) is 17.9 Å². The quantitative estimate of drug-likeness (QED) is 0.312. The minimum absolute atomic E-state index is 0. The minimum atomic E-state index is 0. The van der Waals surface area contributed by atoms with Crippen molar-refractivity contribution in [2.45, 2.75) is 20.0 Å². The molecular weight excluding hydrogens is 478 g/mol. The van der Waals surface area contributed by atoms with Gasteiger partial charge in [0, 0.05) is 35.7 Å². The lowest BCUT2D eigenvalue weighted by atomic mass is 10.1. The summed E-state index contributed by atoms with van der Waals surface area (Å²) < 4.78 is 7.85. The highest BCUT2D eigenvalue weighted by molar-refractivity contribution is 6.42. The number of nitrogens with one attached hydrogen (secondary N) is 1. The molecule has 0 spiro atoms. The Bertz CT molecular complexity index is 1140. The Morgan fingerprint density at radius 3 is 2.61 bits per heavy atom. The van der Waals surface area contributed by atoms with Crippen LogP contribution in [0.15, 0.2) is 60.9 Å². The highest BCUT2D eigenvalue weighted by Crippen LogP contribution is 2.31. The van der Waals surface area contributed by atoms with Crippen molar-refractivity contribution in [3.8, 4) is 5.75 Å². The van der Waals surface area contributed by atoms with Crippen LogP contribution in [0.2, 0.25) is 10.0 Å². The van der Waals surface area contributed by atoms with Crippen molar-refractivity contribution in [1.82, 2.24) is 14.8 Å². The Morgan fingerprint density at radius 2 is 1.87 bits per heavy atom. The van der Waals surface area contributed by atoms with Gasteiger partial charge in [0.15, 0.2) is 0 Å². The highest BCUT2D eigenvalue weighted by Gasteiger charge is 2.10. The predicted molar refractivity (Wildman–Crippen MR) is 132 cm³/mol. The molecule has 0 radical (unpaired) electrons. The fourth-order valence-electron chi connectivity index (χ4n) is 3.14. The number of para-hydroxylation sites is 1. The minimum Gasteiger partial charge on any atom is -0.489 e. The van der Waals surface area contributed by atoms with Crippen LogP contribution in [0, 0.1) is 6.92 Å². The van der Waals surface area contributed by atoms with Gasteiger partial charge < -0.3 is 10.1 Å². The fraction of sp³-hybridized carbons (Fsp3) is 0.182. The van der Waals surface area contributed by atoms with Gasteiger partial charge in [-0.1, -0.05) is 41.4 Å². The Labute approximate surface area is 203 Å². The van der Waals surface area contributed by atoms with E-state index in [0.29, 0.717) is 29.7 Å². The van der Waals surface area contributed by atoms with Crippen molar-refractivity contribution < 1.29 is 4.74 Å². The second kappa shape index (κ2) is 11.4. The maximum atomic E-state index is 6.13. The van der Waals surface area contributed by atoms with Crippen LogP contribution in [-0.4, -0.2) is 21.4 Å². The zero-order valence-electron chi connectivity index (χ0n) is 16.7. The van der Waals surface area contributed by atoms with E-state index < -0.39 is 0 Å². The normalized spacial score (nSPS) is 10.3. The Balaban J connectivity index is 0.00000171. The number of aromatic nitrogens is 3. The zero-order valence-corrected chi connectivity index (χ0v) is 19.9. The lowest BCUT2D eigenvalue weighted by molar-refractivity contribution is 0.294. The van der Waals surface area contributed by atoms with Crippen molar-refractivity contribution in [2.75, 3.05) is 11.9 Å². The maximum absolute atomic E-state index is 6.13. The molecular formula is C22H22Cl4N4O. The molecule has 4 aromatic rings. The third-order valence-corrected chi connectivity index (χ3v) is 5.27. The molecule has 0 aliphatic carbocycles. The molecule has 9 heteroatoms.